The molecule has 2 heterocycles. The zero-order valence-electron chi connectivity index (χ0n) is 10.7. The van der Waals surface area contributed by atoms with Crippen LogP contribution in [0.25, 0.3) is 5.57 Å². The minimum Gasteiger partial charge on any atom is -0.259 e. The average molecular weight is 293 g/mol. The summed E-state index contributed by atoms with van der Waals surface area (Å²) in [5.74, 6) is -1.29. The summed E-state index contributed by atoms with van der Waals surface area (Å²) in [7, 11) is -0.893. The van der Waals surface area contributed by atoms with E-state index in [4.69, 9.17) is 5.26 Å². The van der Waals surface area contributed by atoms with Gasteiger partial charge in [-0.3, -0.25) is 4.21 Å². The lowest BCUT2D eigenvalue weighted by molar-refractivity contribution is 0.573. The number of halogens is 2. The van der Waals surface area contributed by atoms with Crippen LogP contribution in [0, 0.1) is 23.0 Å². The fourth-order valence-electron chi connectivity index (χ4n) is 2.98. The first-order valence-electron chi connectivity index (χ1n) is 6.59. The highest BCUT2D eigenvalue weighted by atomic mass is 32.2. The van der Waals surface area contributed by atoms with Crippen molar-refractivity contribution in [2.24, 2.45) is 0 Å². The van der Waals surface area contributed by atoms with Crippen molar-refractivity contribution in [3.63, 3.8) is 0 Å². The van der Waals surface area contributed by atoms with E-state index in [0.29, 0.717) is 6.42 Å². The van der Waals surface area contributed by atoms with Crippen LogP contribution in [0.1, 0.15) is 36.8 Å². The van der Waals surface area contributed by atoms with Crippen LogP contribution in [0.2, 0.25) is 0 Å². The lowest BCUT2D eigenvalue weighted by Crippen LogP contribution is -2.33. The Morgan fingerprint density at radius 1 is 1.25 bits per heavy atom. The number of allylic oxidation sites excluding steroid dienone is 1. The largest absolute Gasteiger partial charge is 0.259 e. The van der Waals surface area contributed by atoms with Gasteiger partial charge in [-0.2, -0.15) is 5.26 Å². The normalized spacial score (nSPS) is 28.6. The van der Waals surface area contributed by atoms with Crippen LogP contribution < -0.4 is 0 Å². The molecule has 0 amide bonds. The Hall–Kier alpha value is -1.54. The molecule has 0 saturated carbocycles. The topological polar surface area (TPSA) is 40.9 Å². The maximum Gasteiger partial charge on any atom is 0.141 e. The van der Waals surface area contributed by atoms with Gasteiger partial charge in [0.15, 0.2) is 0 Å². The molecule has 1 aromatic rings. The number of fused-ring (bicyclic) bond motifs is 2. The van der Waals surface area contributed by atoms with Crippen LogP contribution >= 0.6 is 0 Å². The molecule has 1 aromatic carbocycles. The van der Waals surface area contributed by atoms with E-state index in [1.54, 1.807) is 6.07 Å². The van der Waals surface area contributed by atoms with E-state index in [9.17, 15) is 13.0 Å². The predicted molar refractivity (Wildman–Crippen MR) is 73.2 cm³/mol. The van der Waals surface area contributed by atoms with Gasteiger partial charge in [0.2, 0.25) is 0 Å². The van der Waals surface area contributed by atoms with Crippen molar-refractivity contribution < 1.29 is 13.0 Å². The van der Waals surface area contributed by atoms with Gasteiger partial charge in [-0.15, -0.1) is 0 Å². The molecule has 0 radical (unpaired) electrons. The summed E-state index contributed by atoms with van der Waals surface area (Å²) >= 11 is 0. The standard InChI is InChI=1S/C15H13F2NOS/c16-14-7-13(15(17)6-10(14)8-18)9-4-11-2-1-3-12(5-9)20(11)19/h4,6-7,11-12H,1-3,5H2. The number of hydrogen-bond donors (Lipinski definition) is 0. The summed E-state index contributed by atoms with van der Waals surface area (Å²) in [4.78, 5) is 0. The second-order valence-corrected chi connectivity index (χ2v) is 7.17. The molecule has 5 heteroatoms. The molecule has 1 fully saturated rings. The third-order valence-electron chi connectivity index (χ3n) is 4.00. The first kappa shape index (κ1) is 13.4. The summed E-state index contributed by atoms with van der Waals surface area (Å²) in [6, 6.07) is 3.65. The van der Waals surface area contributed by atoms with Crippen LogP contribution in [0.4, 0.5) is 8.78 Å². The van der Waals surface area contributed by atoms with E-state index in [1.165, 1.54) is 0 Å². The van der Waals surface area contributed by atoms with E-state index in [1.807, 2.05) is 6.08 Å². The minimum absolute atomic E-state index is 0.0457. The number of benzene rings is 1. The molecule has 0 aromatic heterocycles. The number of hydrogen-bond acceptors (Lipinski definition) is 2. The van der Waals surface area contributed by atoms with E-state index < -0.39 is 22.4 Å². The molecule has 20 heavy (non-hydrogen) atoms. The second kappa shape index (κ2) is 5.10. The van der Waals surface area contributed by atoms with Gasteiger partial charge in [-0.1, -0.05) is 12.5 Å². The molecule has 0 N–H and O–H groups in total. The smallest absolute Gasteiger partial charge is 0.141 e. The first-order chi connectivity index (χ1) is 9.60. The minimum atomic E-state index is -0.893. The Bertz CT molecular complexity index is 663. The molecular formula is C15H13F2NOS. The average Bonchev–Trinajstić information content (AvgIpc) is 2.41. The van der Waals surface area contributed by atoms with Crippen molar-refractivity contribution in [3.05, 3.63) is 41.0 Å². The third kappa shape index (κ3) is 2.18. The zero-order valence-corrected chi connectivity index (χ0v) is 11.6. The summed E-state index contributed by atoms with van der Waals surface area (Å²) < 4.78 is 39.8. The number of nitriles is 1. The van der Waals surface area contributed by atoms with Gasteiger partial charge in [-0.25, -0.2) is 8.78 Å². The van der Waals surface area contributed by atoms with Crippen LogP contribution in [-0.2, 0) is 10.8 Å². The molecule has 3 rings (SSSR count). The van der Waals surface area contributed by atoms with Crippen LogP contribution in [-0.4, -0.2) is 14.7 Å². The van der Waals surface area contributed by atoms with Crippen molar-refractivity contribution >= 4 is 16.4 Å². The Balaban J connectivity index is 2.04. The molecule has 2 aliphatic rings. The van der Waals surface area contributed by atoms with E-state index in [0.717, 1.165) is 37.0 Å². The third-order valence-corrected chi connectivity index (χ3v) is 6.03. The van der Waals surface area contributed by atoms with Crippen molar-refractivity contribution in [2.75, 3.05) is 0 Å². The quantitative estimate of drug-likeness (QED) is 0.797. The maximum absolute atomic E-state index is 14.0. The Kier molecular flexibility index (Phi) is 3.43. The summed E-state index contributed by atoms with van der Waals surface area (Å²) in [6.07, 6.45) is 5.10. The van der Waals surface area contributed by atoms with Gasteiger partial charge < -0.3 is 0 Å². The van der Waals surface area contributed by atoms with Gasteiger partial charge in [0.05, 0.1) is 10.8 Å². The SMILES string of the molecule is N#Cc1cc(F)c(C2=CC3CCCC(C2)S3=O)cc1F. The van der Waals surface area contributed by atoms with E-state index in [-0.39, 0.29) is 21.6 Å². The molecule has 104 valence electrons. The van der Waals surface area contributed by atoms with E-state index in [2.05, 4.69) is 0 Å². The summed E-state index contributed by atoms with van der Waals surface area (Å²) in [6.45, 7) is 0. The van der Waals surface area contributed by atoms with Gasteiger partial charge >= 0.3 is 0 Å². The molecule has 0 spiro atoms. The molecule has 3 unspecified atom stereocenters. The lowest BCUT2D eigenvalue weighted by Gasteiger charge is -2.33. The van der Waals surface area contributed by atoms with Gasteiger partial charge in [0.1, 0.15) is 17.7 Å². The van der Waals surface area contributed by atoms with Gasteiger partial charge in [-0.05, 0) is 37.0 Å². The fraction of sp³-hybridized carbons (Fsp3) is 0.400. The second-order valence-electron chi connectivity index (χ2n) is 5.24. The van der Waals surface area contributed by atoms with Crippen molar-refractivity contribution in [2.45, 2.75) is 36.2 Å². The Labute approximate surface area is 118 Å². The highest BCUT2D eigenvalue weighted by molar-refractivity contribution is 7.86. The molecule has 0 aliphatic carbocycles. The maximum atomic E-state index is 14.0. The highest BCUT2D eigenvalue weighted by Crippen LogP contribution is 2.38. The Morgan fingerprint density at radius 3 is 2.75 bits per heavy atom. The zero-order chi connectivity index (χ0) is 14.3. The first-order valence-corrected chi connectivity index (χ1v) is 7.87. The van der Waals surface area contributed by atoms with Crippen LogP contribution in [0.5, 0.6) is 0 Å². The molecule has 2 nitrogen and oxygen atoms in total. The van der Waals surface area contributed by atoms with Crippen LogP contribution in [0.15, 0.2) is 18.2 Å². The van der Waals surface area contributed by atoms with Crippen molar-refractivity contribution in [3.8, 4) is 6.07 Å². The van der Waals surface area contributed by atoms with Gasteiger partial charge in [0.25, 0.3) is 0 Å². The van der Waals surface area contributed by atoms with Gasteiger partial charge in [0, 0.05) is 21.6 Å². The monoisotopic (exact) mass is 293 g/mol. The Morgan fingerprint density at radius 2 is 2.05 bits per heavy atom. The highest BCUT2D eigenvalue weighted by Gasteiger charge is 2.34. The molecular weight excluding hydrogens is 280 g/mol. The number of nitrogens with zero attached hydrogens (tertiary/aromatic N) is 1. The lowest BCUT2D eigenvalue weighted by atomic mass is 9.92. The molecule has 3 atom stereocenters. The summed E-state index contributed by atoms with van der Waals surface area (Å²) in [5.41, 5.74) is 0.640. The predicted octanol–water partition coefficient (Wildman–Crippen LogP) is 3.29. The molecule has 2 bridgehead atoms. The fourth-order valence-corrected chi connectivity index (χ4v) is 4.91. The molecule has 2 aliphatic heterocycles. The molecule has 1 saturated heterocycles. The van der Waals surface area contributed by atoms with Crippen molar-refractivity contribution in [1.29, 1.82) is 5.26 Å². The van der Waals surface area contributed by atoms with Crippen LogP contribution in [0.3, 0.4) is 0 Å². The van der Waals surface area contributed by atoms with E-state index >= 15 is 0 Å². The summed E-state index contributed by atoms with van der Waals surface area (Å²) in [5, 5.41) is 8.70. The number of rotatable bonds is 1. The van der Waals surface area contributed by atoms with Crippen molar-refractivity contribution in [1.82, 2.24) is 0 Å².